The lowest BCUT2D eigenvalue weighted by molar-refractivity contribution is -0.194. The average molecular weight is 819 g/mol. The first-order chi connectivity index (χ1) is 26.9. The highest BCUT2D eigenvalue weighted by molar-refractivity contribution is 6.01. The molecule has 58 heavy (non-hydrogen) atoms. The Morgan fingerprint density at radius 3 is 2.31 bits per heavy atom. The van der Waals surface area contributed by atoms with Crippen molar-refractivity contribution >= 4 is 17.7 Å². The number of rotatable bonds is 7. The van der Waals surface area contributed by atoms with Gasteiger partial charge in [0.05, 0.1) is 29.8 Å². The third kappa shape index (κ3) is 8.12. The molecule has 13 nitrogen and oxygen atoms in total. The van der Waals surface area contributed by atoms with E-state index >= 15 is 0 Å². The second-order valence-electron chi connectivity index (χ2n) is 19.9. The third-order valence-electron chi connectivity index (χ3n) is 16.0. The van der Waals surface area contributed by atoms with E-state index < -0.39 is 82.0 Å². The summed E-state index contributed by atoms with van der Waals surface area (Å²) in [6.07, 6.45) is 3.59. The first-order valence-corrected chi connectivity index (χ1v) is 21.8. The number of carbonyl (C=O) groups excluding carboxylic acids is 3. The van der Waals surface area contributed by atoms with Crippen LogP contribution >= 0.6 is 0 Å². The first-order valence-electron chi connectivity index (χ1n) is 21.8. The second-order valence-corrected chi connectivity index (χ2v) is 19.9. The lowest BCUT2D eigenvalue weighted by Crippen LogP contribution is -2.63. The van der Waals surface area contributed by atoms with Crippen molar-refractivity contribution in [3.05, 3.63) is 23.8 Å². The zero-order valence-electron chi connectivity index (χ0n) is 36.6. The highest BCUT2D eigenvalue weighted by Crippen LogP contribution is 2.67. The molecular formula is C45H74N2O11. The van der Waals surface area contributed by atoms with Crippen LogP contribution in [0.15, 0.2) is 23.8 Å². The van der Waals surface area contributed by atoms with Crippen LogP contribution in [0.5, 0.6) is 0 Å². The molecule has 5 rings (SSSR count). The monoisotopic (exact) mass is 819 g/mol. The minimum atomic E-state index is -1.87. The predicted octanol–water partition coefficient (Wildman–Crippen LogP) is 3.07. The van der Waals surface area contributed by atoms with Crippen LogP contribution in [-0.2, 0) is 23.9 Å². The van der Waals surface area contributed by atoms with Gasteiger partial charge in [0, 0.05) is 55.5 Å². The molecule has 7 N–H and O–H groups in total. The topological polar surface area (TPSA) is 206 Å². The quantitative estimate of drug-likeness (QED) is 0.146. The van der Waals surface area contributed by atoms with E-state index in [1.54, 1.807) is 40.0 Å². The molecule has 0 bridgehead atoms. The van der Waals surface area contributed by atoms with Crippen LogP contribution in [0.3, 0.4) is 0 Å². The molecule has 1 heterocycles. The third-order valence-corrected chi connectivity index (χ3v) is 16.0. The summed E-state index contributed by atoms with van der Waals surface area (Å²) < 4.78 is 12.0. The number of fused-ring (bicyclic) bond motifs is 5. The van der Waals surface area contributed by atoms with Gasteiger partial charge in [0.1, 0.15) is 17.8 Å². The normalized spacial score (nSPS) is 48.1. The van der Waals surface area contributed by atoms with Crippen LogP contribution in [-0.4, -0.2) is 133 Å². The summed E-state index contributed by atoms with van der Waals surface area (Å²) in [5.41, 5.74) is -4.61. The van der Waals surface area contributed by atoms with Crippen molar-refractivity contribution < 1.29 is 54.5 Å². The Morgan fingerprint density at radius 2 is 1.67 bits per heavy atom. The highest BCUT2D eigenvalue weighted by atomic mass is 16.6. The Labute approximate surface area is 345 Å². The zero-order chi connectivity index (χ0) is 43.3. The predicted molar refractivity (Wildman–Crippen MR) is 218 cm³/mol. The van der Waals surface area contributed by atoms with Crippen molar-refractivity contribution in [3.8, 4) is 0 Å². The fourth-order valence-electron chi connectivity index (χ4n) is 12.6. The van der Waals surface area contributed by atoms with Crippen LogP contribution in [0.25, 0.3) is 0 Å². The van der Waals surface area contributed by atoms with Gasteiger partial charge < -0.3 is 45.4 Å². The van der Waals surface area contributed by atoms with Gasteiger partial charge in [-0.25, -0.2) is 0 Å². The van der Waals surface area contributed by atoms with Crippen LogP contribution in [0.2, 0.25) is 0 Å². The van der Waals surface area contributed by atoms with Crippen molar-refractivity contribution in [2.24, 2.45) is 46.3 Å². The summed E-state index contributed by atoms with van der Waals surface area (Å²) >= 11 is 0. The summed E-state index contributed by atoms with van der Waals surface area (Å²) in [6.45, 7) is 16.7. The van der Waals surface area contributed by atoms with Gasteiger partial charge in [-0.15, -0.1) is 0 Å². The lowest BCUT2D eigenvalue weighted by Gasteiger charge is -2.60. The number of amides is 1. The van der Waals surface area contributed by atoms with Gasteiger partial charge in [-0.05, 0) is 109 Å². The Balaban J connectivity index is 1.32. The first kappa shape index (κ1) is 46.8. The van der Waals surface area contributed by atoms with E-state index in [1.165, 1.54) is 20.8 Å². The van der Waals surface area contributed by atoms with Crippen LogP contribution in [0.1, 0.15) is 114 Å². The molecule has 1 amide bonds. The number of aliphatic hydroxyl groups is 6. The Bertz CT molecular complexity index is 1580. The fraction of sp³-hybridized carbons (Fsp3) is 0.844. The molecule has 0 spiro atoms. The lowest BCUT2D eigenvalue weighted by atomic mass is 9.46. The minimum absolute atomic E-state index is 0.00962. The zero-order valence-corrected chi connectivity index (χ0v) is 36.6. The molecule has 0 aromatic rings. The molecule has 330 valence electrons. The second kappa shape index (κ2) is 17.3. The van der Waals surface area contributed by atoms with Crippen LogP contribution in [0, 0.1) is 46.3 Å². The maximum absolute atomic E-state index is 14.4. The number of nitrogens with one attached hydrogen (secondary N) is 1. The highest BCUT2D eigenvalue weighted by Gasteiger charge is 2.69. The number of methoxy groups -OCH3 is 1. The molecule has 0 aromatic carbocycles. The largest absolute Gasteiger partial charge is 0.459 e. The minimum Gasteiger partial charge on any atom is -0.459 e. The molecule has 3 saturated carbocycles. The number of cyclic esters (lactones) is 1. The Hall–Kier alpha value is -2.23. The number of hydrogen-bond acceptors (Lipinski definition) is 12. The van der Waals surface area contributed by atoms with Gasteiger partial charge in [-0.1, -0.05) is 46.3 Å². The molecule has 4 aliphatic carbocycles. The van der Waals surface area contributed by atoms with Crippen molar-refractivity contribution in [1.82, 2.24) is 10.2 Å². The number of nitrogens with zero attached hydrogens (tertiary/aromatic N) is 1. The number of allylic oxidation sites excluding steroid dienone is 4. The van der Waals surface area contributed by atoms with E-state index in [1.807, 2.05) is 17.9 Å². The number of carbonyl (C=O) groups is 3. The maximum atomic E-state index is 14.4. The number of hydrogen-bond donors (Lipinski definition) is 7. The van der Waals surface area contributed by atoms with Gasteiger partial charge in [0.2, 0.25) is 0 Å². The number of ether oxygens (including phenoxy) is 2. The van der Waals surface area contributed by atoms with Crippen LogP contribution in [0.4, 0.5) is 0 Å². The van der Waals surface area contributed by atoms with Crippen molar-refractivity contribution in [2.45, 2.75) is 167 Å². The Morgan fingerprint density at radius 1 is 1.00 bits per heavy atom. The Kier molecular flexibility index (Phi) is 13.9. The number of ketones is 1. The van der Waals surface area contributed by atoms with E-state index in [-0.39, 0.29) is 54.7 Å². The molecule has 1 aliphatic heterocycles. The summed E-state index contributed by atoms with van der Waals surface area (Å²) in [4.78, 5) is 41.9. The average Bonchev–Trinajstić information content (AvgIpc) is 3.47. The van der Waals surface area contributed by atoms with E-state index in [9.17, 15) is 45.0 Å². The van der Waals surface area contributed by atoms with Crippen molar-refractivity contribution in [1.29, 1.82) is 0 Å². The van der Waals surface area contributed by atoms with E-state index in [2.05, 4.69) is 19.2 Å². The van der Waals surface area contributed by atoms with E-state index in [0.29, 0.717) is 32.4 Å². The molecule has 5 aliphatic rings. The van der Waals surface area contributed by atoms with Gasteiger partial charge in [-0.2, -0.15) is 0 Å². The van der Waals surface area contributed by atoms with Crippen molar-refractivity contribution in [3.63, 3.8) is 0 Å². The van der Waals surface area contributed by atoms with E-state index in [4.69, 9.17) is 9.47 Å². The molecule has 0 radical (unpaired) electrons. The molecule has 5 unspecified atom stereocenters. The van der Waals surface area contributed by atoms with Crippen LogP contribution < -0.4 is 5.32 Å². The van der Waals surface area contributed by atoms with Gasteiger partial charge in [-0.3, -0.25) is 19.3 Å². The SMILES string of the molecule is CC[C@H]1OC(=O)[C@H](C)[C@@H](O)C(C)[C@@H](O)[C@](C)(O)C[C@@H](C)CN(CCCNC(=O)[C@@]2(OC)CCC3C4CCC5=CC(=O)C=C[C@]5(C)C4C(O)C[C@@]32C)[C@H](C)[C@@H](O)[C@]1(C)O. The van der Waals surface area contributed by atoms with Crippen molar-refractivity contribution in [2.75, 3.05) is 26.7 Å². The molecule has 17 atom stereocenters. The summed E-state index contributed by atoms with van der Waals surface area (Å²) in [7, 11) is 1.58. The molecule has 0 aromatic heterocycles. The van der Waals surface area contributed by atoms with Gasteiger partial charge in [0.15, 0.2) is 11.4 Å². The fourth-order valence-corrected chi connectivity index (χ4v) is 12.6. The number of aliphatic hydroxyl groups excluding tert-OH is 4. The smallest absolute Gasteiger partial charge is 0.311 e. The molecule has 13 heteroatoms. The molecule has 4 fully saturated rings. The summed E-state index contributed by atoms with van der Waals surface area (Å²) in [5.74, 6) is -2.96. The number of esters is 1. The summed E-state index contributed by atoms with van der Waals surface area (Å²) in [6, 6.07) is -0.663. The van der Waals surface area contributed by atoms with Gasteiger partial charge in [0.25, 0.3) is 5.91 Å². The van der Waals surface area contributed by atoms with E-state index in [0.717, 1.165) is 24.8 Å². The molecule has 1 saturated heterocycles. The summed E-state index contributed by atoms with van der Waals surface area (Å²) in [5, 5.41) is 72.4. The molecular weight excluding hydrogens is 744 g/mol. The maximum Gasteiger partial charge on any atom is 0.311 e. The van der Waals surface area contributed by atoms with Gasteiger partial charge >= 0.3 is 5.97 Å². The standard InChI is InChI=1S/C45H74N2O11/c1-11-34-44(9,56)38(52)28(5)47(24-25(2)22-43(8,55)37(51)26(3)36(50)27(4)39(53)58-34)20-12-19-46-40(54)45(57-10)18-16-32-31-14-13-29-21-30(48)15-17-41(29,6)35(31)33(49)23-42(32,45)7/h15,17,21,25-28,31-38,49-52,55-56H,11-14,16,18-20,22-24H2,1-10H3,(H,46,54)/t25-,26?,27-,28-,31?,32?,33?,34-,35?,36+,37-,38-,41+,42+,43-,44-,45+/m1/s1.